The minimum absolute atomic E-state index is 0.0130. The van der Waals surface area contributed by atoms with Crippen LogP contribution >= 0.6 is 11.6 Å². The molecule has 86 valence electrons. The second kappa shape index (κ2) is 4.70. The molecule has 0 spiro atoms. The minimum Gasteiger partial charge on any atom is -0.492 e. The fourth-order valence-electron chi connectivity index (χ4n) is 1.59. The molecule has 0 saturated heterocycles. The molecule has 1 aliphatic carbocycles. The smallest absolute Gasteiger partial charge is 0.271 e. The Morgan fingerprint density at radius 2 is 2.25 bits per heavy atom. The molecular weight excluding hydrogens is 230 g/mol. The number of ether oxygens (including phenoxy) is 1. The first kappa shape index (κ1) is 11.2. The third-order valence-electron chi connectivity index (χ3n) is 2.83. The summed E-state index contributed by atoms with van der Waals surface area (Å²) in [6.45, 7) is 0.650. The van der Waals surface area contributed by atoms with Gasteiger partial charge < -0.3 is 4.74 Å². The van der Waals surface area contributed by atoms with E-state index in [1.165, 1.54) is 31.4 Å². The lowest BCUT2D eigenvalue weighted by atomic mass is 9.86. The first-order valence-electron chi connectivity index (χ1n) is 5.23. The fraction of sp³-hybridized carbons (Fsp3) is 0.455. The van der Waals surface area contributed by atoms with E-state index in [9.17, 15) is 10.1 Å². The molecule has 1 aromatic carbocycles. The first-order valence-corrected chi connectivity index (χ1v) is 5.61. The maximum atomic E-state index is 10.5. The highest BCUT2D eigenvalue weighted by Gasteiger charge is 2.19. The zero-order valence-corrected chi connectivity index (χ0v) is 9.44. The van der Waals surface area contributed by atoms with Crippen LogP contribution in [0.15, 0.2) is 18.2 Å². The first-order chi connectivity index (χ1) is 7.66. The van der Waals surface area contributed by atoms with Crippen LogP contribution in [0.3, 0.4) is 0 Å². The molecule has 0 radical (unpaired) electrons. The normalized spacial score (nSPS) is 15.6. The molecule has 0 unspecified atom stereocenters. The molecule has 0 amide bonds. The van der Waals surface area contributed by atoms with Crippen LogP contribution < -0.4 is 4.74 Å². The van der Waals surface area contributed by atoms with E-state index in [2.05, 4.69) is 0 Å². The van der Waals surface area contributed by atoms with Gasteiger partial charge in [0.1, 0.15) is 5.75 Å². The number of benzene rings is 1. The van der Waals surface area contributed by atoms with Crippen molar-refractivity contribution in [3.63, 3.8) is 0 Å². The van der Waals surface area contributed by atoms with Gasteiger partial charge in [-0.2, -0.15) is 0 Å². The topological polar surface area (TPSA) is 52.4 Å². The van der Waals surface area contributed by atoms with Crippen LogP contribution in [0.1, 0.15) is 19.3 Å². The average molecular weight is 242 g/mol. The van der Waals surface area contributed by atoms with Crippen molar-refractivity contribution in [1.82, 2.24) is 0 Å². The number of hydrogen-bond donors (Lipinski definition) is 0. The third kappa shape index (κ3) is 2.44. The van der Waals surface area contributed by atoms with Crippen LogP contribution in [0.25, 0.3) is 0 Å². The maximum Gasteiger partial charge on any atom is 0.271 e. The van der Waals surface area contributed by atoms with Gasteiger partial charge in [-0.1, -0.05) is 18.0 Å². The Labute approximate surface area is 98.3 Å². The number of nitro groups is 1. The van der Waals surface area contributed by atoms with E-state index in [0.717, 1.165) is 0 Å². The summed E-state index contributed by atoms with van der Waals surface area (Å²) in [5, 5.41) is 10.8. The zero-order chi connectivity index (χ0) is 11.5. The summed E-state index contributed by atoms with van der Waals surface area (Å²) in [4.78, 5) is 10.0. The summed E-state index contributed by atoms with van der Waals surface area (Å²) in [5.74, 6) is 1.14. The van der Waals surface area contributed by atoms with Gasteiger partial charge in [0.2, 0.25) is 0 Å². The number of non-ortho nitro benzene ring substituents is 1. The van der Waals surface area contributed by atoms with Crippen LogP contribution in [0.5, 0.6) is 5.75 Å². The molecular formula is C11H12ClNO3. The molecule has 1 saturated carbocycles. The van der Waals surface area contributed by atoms with Crippen LogP contribution in [-0.4, -0.2) is 11.5 Å². The lowest BCUT2D eigenvalue weighted by Gasteiger charge is -2.25. The Bertz CT molecular complexity index is 404. The molecule has 1 aliphatic rings. The highest BCUT2D eigenvalue weighted by Crippen LogP contribution is 2.31. The summed E-state index contributed by atoms with van der Waals surface area (Å²) >= 11 is 5.89. The quantitative estimate of drug-likeness (QED) is 0.599. The third-order valence-corrected chi connectivity index (χ3v) is 3.12. The lowest BCUT2D eigenvalue weighted by molar-refractivity contribution is -0.384. The van der Waals surface area contributed by atoms with E-state index in [-0.39, 0.29) is 5.69 Å². The van der Waals surface area contributed by atoms with Crippen molar-refractivity contribution in [3.8, 4) is 5.75 Å². The van der Waals surface area contributed by atoms with E-state index >= 15 is 0 Å². The SMILES string of the molecule is O=[N+]([O-])c1ccc(OCC2CCC2)c(Cl)c1. The number of halogens is 1. The largest absolute Gasteiger partial charge is 0.492 e. The molecule has 1 fully saturated rings. The molecule has 16 heavy (non-hydrogen) atoms. The van der Waals surface area contributed by atoms with Crippen molar-refractivity contribution in [1.29, 1.82) is 0 Å². The predicted octanol–water partition coefficient (Wildman–Crippen LogP) is 3.43. The zero-order valence-electron chi connectivity index (χ0n) is 8.69. The van der Waals surface area contributed by atoms with Gasteiger partial charge in [0.25, 0.3) is 5.69 Å². The lowest BCUT2D eigenvalue weighted by Crippen LogP contribution is -2.19. The van der Waals surface area contributed by atoms with E-state index in [0.29, 0.717) is 23.3 Å². The summed E-state index contributed by atoms with van der Waals surface area (Å²) < 4.78 is 5.52. The minimum atomic E-state index is -0.471. The van der Waals surface area contributed by atoms with Crippen LogP contribution in [0, 0.1) is 16.0 Å². The molecule has 4 nitrogen and oxygen atoms in total. The standard InChI is InChI=1S/C11H12ClNO3/c12-10-6-9(13(14)15)4-5-11(10)16-7-8-2-1-3-8/h4-6,8H,1-3,7H2. The van der Waals surface area contributed by atoms with Crippen molar-refractivity contribution in [3.05, 3.63) is 33.3 Å². The molecule has 0 atom stereocenters. The van der Waals surface area contributed by atoms with Gasteiger partial charge in [-0.25, -0.2) is 0 Å². The van der Waals surface area contributed by atoms with E-state index in [1.54, 1.807) is 6.07 Å². The Kier molecular flexibility index (Phi) is 3.29. The Hall–Kier alpha value is -1.29. The maximum absolute atomic E-state index is 10.5. The highest BCUT2D eigenvalue weighted by atomic mass is 35.5. The molecule has 5 heteroatoms. The van der Waals surface area contributed by atoms with Crippen molar-refractivity contribution in [2.24, 2.45) is 5.92 Å². The summed E-state index contributed by atoms with van der Waals surface area (Å²) in [5.41, 5.74) is -0.0130. The molecule has 1 aromatic rings. The Morgan fingerprint density at radius 3 is 2.75 bits per heavy atom. The number of hydrogen-bond acceptors (Lipinski definition) is 3. The molecule has 0 heterocycles. The summed E-state index contributed by atoms with van der Waals surface area (Å²) in [6.07, 6.45) is 3.66. The van der Waals surface area contributed by atoms with Gasteiger partial charge in [-0.05, 0) is 24.8 Å². The highest BCUT2D eigenvalue weighted by molar-refractivity contribution is 6.32. The van der Waals surface area contributed by atoms with Crippen molar-refractivity contribution >= 4 is 17.3 Å². The second-order valence-electron chi connectivity index (χ2n) is 3.98. The number of nitrogens with zero attached hydrogens (tertiary/aromatic N) is 1. The molecule has 2 rings (SSSR count). The predicted molar refractivity (Wildman–Crippen MR) is 60.9 cm³/mol. The summed E-state index contributed by atoms with van der Waals surface area (Å²) in [6, 6.07) is 4.28. The monoisotopic (exact) mass is 241 g/mol. The Morgan fingerprint density at radius 1 is 1.50 bits per heavy atom. The Balaban J connectivity index is 2.00. The van der Waals surface area contributed by atoms with Crippen LogP contribution in [0.2, 0.25) is 5.02 Å². The van der Waals surface area contributed by atoms with Gasteiger partial charge in [-0.3, -0.25) is 10.1 Å². The van der Waals surface area contributed by atoms with E-state index in [1.807, 2.05) is 0 Å². The van der Waals surface area contributed by atoms with Gasteiger partial charge in [0, 0.05) is 12.1 Å². The van der Waals surface area contributed by atoms with Crippen molar-refractivity contribution in [2.75, 3.05) is 6.61 Å². The van der Waals surface area contributed by atoms with Crippen LogP contribution in [-0.2, 0) is 0 Å². The van der Waals surface area contributed by atoms with Gasteiger partial charge >= 0.3 is 0 Å². The fourth-order valence-corrected chi connectivity index (χ4v) is 1.82. The molecule has 0 bridgehead atoms. The van der Waals surface area contributed by atoms with Crippen LogP contribution in [0.4, 0.5) is 5.69 Å². The number of rotatable bonds is 4. The van der Waals surface area contributed by atoms with Crippen molar-refractivity contribution in [2.45, 2.75) is 19.3 Å². The second-order valence-corrected chi connectivity index (χ2v) is 4.39. The molecule has 0 aromatic heterocycles. The summed E-state index contributed by atoms with van der Waals surface area (Å²) in [7, 11) is 0. The van der Waals surface area contributed by atoms with E-state index < -0.39 is 4.92 Å². The van der Waals surface area contributed by atoms with Crippen molar-refractivity contribution < 1.29 is 9.66 Å². The van der Waals surface area contributed by atoms with E-state index in [4.69, 9.17) is 16.3 Å². The number of nitro benzene ring substituents is 1. The van der Waals surface area contributed by atoms with Gasteiger partial charge in [-0.15, -0.1) is 0 Å². The van der Waals surface area contributed by atoms with Gasteiger partial charge in [0.15, 0.2) is 0 Å². The molecule has 0 aliphatic heterocycles. The van der Waals surface area contributed by atoms with Gasteiger partial charge in [0.05, 0.1) is 16.6 Å². The average Bonchev–Trinajstić information content (AvgIpc) is 2.17. The molecule has 0 N–H and O–H groups in total.